The molecule has 222 valence electrons. The normalized spacial score (nSPS) is 16.4. The molecule has 1 N–H and O–H groups in total. The maximum Gasteiger partial charge on any atom is 0.586 e. The van der Waals surface area contributed by atoms with Crippen LogP contribution in [0.5, 0.6) is 11.5 Å². The fourth-order valence-corrected chi connectivity index (χ4v) is 6.00. The minimum atomic E-state index is -3.84. The predicted octanol–water partition coefficient (Wildman–Crippen LogP) is 5.41. The van der Waals surface area contributed by atoms with Gasteiger partial charge in [-0.05, 0) is 53.6 Å². The summed E-state index contributed by atoms with van der Waals surface area (Å²) in [6, 6.07) is 15.6. The van der Waals surface area contributed by atoms with Gasteiger partial charge in [-0.3, -0.25) is 9.69 Å². The molecule has 3 aliphatic heterocycles. The highest BCUT2D eigenvalue weighted by Gasteiger charge is 2.45. The van der Waals surface area contributed by atoms with Crippen molar-refractivity contribution in [2.24, 2.45) is 7.05 Å². The molecule has 0 spiro atoms. The number of benzene rings is 3. The zero-order valence-corrected chi connectivity index (χ0v) is 23.1. The summed E-state index contributed by atoms with van der Waals surface area (Å²) in [4.78, 5) is 0.114. The number of rotatable bonds is 5. The first-order chi connectivity index (χ1) is 20.3. The third-order valence-corrected chi connectivity index (χ3v) is 8.36. The number of sulfone groups is 1. The van der Waals surface area contributed by atoms with Crippen molar-refractivity contribution < 1.29 is 40.6 Å². The lowest BCUT2D eigenvalue weighted by Gasteiger charge is -2.46. The Morgan fingerprint density at radius 2 is 1.72 bits per heavy atom. The van der Waals surface area contributed by atoms with E-state index in [0.29, 0.717) is 33.6 Å². The zero-order chi connectivity index (χ0) is 30.5. The lowest BCUT2D eigenvalue weighted by atomic mass is 9.97. The summed E-state index contributed by atoms with van der Waals surface area (Å²) in [5.74, 6) is -4.11. The van der Waals surface area contributed by atoms with Gasteiger partial charge in [0.2, 0.25) is 0 Å². The van der Waals surface area contributed by atoms with Crippen molar-refractivity contribution in [2.75, 3.05) is 23.0 Å². The summed E-state index contributed by atoms with van der Waals surface area (Å²) >= 11 is 0. The number of ether oxygens (including phenoxy) is 2. The van der Waals surface area contributed by atoms with Crippen LogP contribution in [0, 0.1) is 0 Å². The van der Waals surface area contributed by atoms with Crippen molar-refractivity contribution in [3.05, 3.63) is 83.5 Å². The van der Waals surface area contributed by atoms with Crippen molar-refractivity contribution in [2.45, 2.75) is 17.1 Å². The molecule has 0 saturated heterocycles. The number of alkyl halides is 4. The highest BCUT2D eigenvalue weighted by molar-refractivity contribution is 7.90. The molecular formula is C28H20F4N5O5S-. The Morgan fingerprint density at radius 3 is 2.47 bits per heavy atom. The molecule has 3 aliphatic rings. The van der Waals surface area contributed by atoms with Gasteiger partial charge >= 0.3 is 12.2 Å². The molecule has 10 nitrogen and oxygen atoms in total. The van der Waals surface area contributed by atoms with E-state index in [2.05, 4.69) is 20.0 Å². The Morgan fingerprint density at radius 1 is 1.00 bits per heavy atom. The van der Waals surface area contributed by atoms with Gasteiger partial charge in [-0.1, -0.05) is 18.2 Å². The average Bonchev–Trinajstić information content (AvgIpc) is 3.64. The van der Waals surface area contributed by atoms with Gasteiger partial charge < -0.3 is 25.1 Å². The number of aryl methyl sites for hydroxylation is 1. The molecule has 4 aromatic rings. The molecule has 0 saturated carbocycles. The molecule has 0 atom stereocenters. The van der Waals surface area contributed by atoms with Gasteiger partial charge in [0.05, 0.1) is 22.0 Å². The number of hydrogen-bond acceptors (Lipinski definition) is 8. The summed E-state index contributed by atoms with van der Waals surface area (Å²) in [5.41, 5.74) is 6.64. The largest absolute Gasteiger partial charge is 0.586 e. The fourth-order valence-electron chi connectivity index (χ4n) is 5.33. The first kappa shape index (κ1) is 27.1. The van der Waals surface area contributed by atoms with E-state index in [9.17, 15) is 22.3 Å². The molecule has 0 amide bonds. The van der Waals surface area contributed by atoms with Crippen LogP contribution in [0.2, 0.25) is 0 Å². The third-order valence-electron chi connectivity index (χ3n) is 7.25. The Hall–Kier alpha value is -4.76. The van der Waals surface area contributed by atoms with Crippen LogP contribution in [0.3, 0.4) is 0 Å². The second kappa shape index (κ2) is 8.87. The zero-order valence-electron chi connectivity index (χ0n) is 22.3. The molecule has 0 fully saturated rings. The van der Waals surface area contributed by atoms with Gasteiger partial charge in [0, 0.05) is 30.1 Å². The van der Waals surface area contributed by atoms with E-state index >= 15 is 8.78 Å². The van der Waals surface area contributed by atoms with E-state index in [4.69, 9.17) is 0 Å². The number of aliphatic hydroxyl groups excluding tert-OH is 1. The van der Waals surface area contributed by atoms with Crippen molar-refractivity contribution in [3.8, 4) is 33.9 Å². The van der Waals surface area contributed by atoms with Crippen molar-refractivity contribution >= 4 is 26.9 Å². The van der Waals surface area contributed by atoms with Crippen LogP contribution in [0.15, 0.2) is 71.8 Å². The van der Waals surface area contributed by atoms with Crippen molar-refractivity contribution in [1.29, 1.82) is 0 Å². The van der Waals surface area contributed by atoms with Crippen molar-refractivity contribution in [1.82, 2.24) is 9.78 Å². The number of hydrogen-bond donors (Lipinski definition) is 1. The first-order valence-electron chi connectivity index (χ1n) is 12.7. The minimum absolute atomic E-state index is 0.0839. The number of aliphatic hydroxyl groups is 1. The van der Waals surface area contributed by atoms with E-state index in [1.165, 1.54) is 58.4 Å². The van der Waals surface area contributed by atoms with Crippen LogP contribution < -0.4 is 19.6 Å². The molecule has 7 rings (SSSR count). The van der Waals surface area contributed by atoms with Crippen LogP contribution in [-0.4, -0.2) is 42.5 Å². The number of hydrazine groups is 1. The summed E-state index contributed by atoms with van der Waals surface area (Å²) in [5, 5.41) is 16.2. The monoisotopic (exact) mass is 614 g/mol. The molecule has 0 bridgehead atoms. The molecule has 1 aromatic heterocycles. The highest BCUT2D eigenvalue weighted by Crippen LogP contribution is 2.55. The van der Waals surface area contributed by atoms with Gasteiger partial charge in [-0.15, -0.1) is 15.0 Å². The van der Waals surface area contributed by atoms with E-state index in [0.717, 1.165) is 6.26 Å². The van der Waals surface area contributed by atoms with Crippen LogP contribution in [-0.2, 0) is 22.8 Å². The Bertz CT molecular complexity index is 1980. The lowest BCUT2D eigenvalue weighted by Crippen LogP contribution is -2.38. The van der Waals surface area contributed by atoms with Crippen molar-refractivity contribution in [3.63, 3.8) is 0 Å². The van der Waals surface area contributed by atoms with Crippen LogP contribution in [0.4, 0.5) is 28.9 Å². The summed E-state index contributed by atoms with van der Waals surface area (Å²) < 4.78 is 92.3. The van der Waals surface area contributed by atoms with Gasteiger partial charge in [-0.2, -0.15) is 13.9 Å². The molecule has 0 aliphatic carbocycles. The molecule has 3 aromatic carbocycles. The maximum atomic E-state index is 15.0. The van der Waals surface area contributed by atoms with Crippen LogP contribution in [0.1, 0.15) is 11.3 Å². The lowest BCUT2D eigenvalue weighted by molar-refractivity contribution is -0.286. The van der Waals surface area contributed by atoms with Crippen LogP contribution >= 0.6 is 0 Å². The molecule has 43 heavy (non-hydrogen) atoms. The van der Waals surface area contributed by atoms with E-state index in [-0.39, 0.29) is 27.8 Å². The third kappa shape index (κ3) is 4.18. The summed E-state index contributed by atoms with van der Waals surface area (Å²) in [7, 11) is -2.02. The Balaban J connectivity index is 1.43. The van der Waals surface area contributed by atoms with Gasteiger partial charge in [0.25, 0.3) is 0 Å². The molecule has 15 heteroatoms. The highest BCUT2D eigenvalue weighted by atomic mass is 32.2. The Labute approximate surface area is 241 Å². The number of nitrogens with zero attached hydrogens (tertiary/aromatic N) is 5. The number of fused-ring (bicyclic) bond motifs is 7. The average molecular weight is 615 g/mol. The smallest absolute Gasteiger partial charge is 0.578 e. The fraction of sp³-hybridized carbons (Fsp3) is 0.179. The molecule has 0 unspecified atom stereocenters. The van der Waals surface area contributed by atoms with Gasteiger partial charge in [0.15, 0.2) is 27.0 Å². The predicted molar refractivity (Wildman–Crippen MR) is 147 cm³/mol. The molecular weight excluding hydrogens is 594 g/mol. The summed E-state index contributed by atoms with van der Waals surface area (Å²) in [6.07, 6.45) is -1.37. The summed E-state index contributed by atoms with van der Waals surface area (Å²) in [6.45, 7) is -1.50. The topological polar surface area (TPSA) is 111 Å². The van der Waals surface area contributed by atoms with E-state index in [1.807, 2.05) is 0 Å². The number of anilines is 2. The maximum absolute atomic E-state index is 15.0. The quantitative estimate of drug-likeness (QED) is 0.298. The van der Waals surface area contributed by atoms with Gasteiger partial charge in [0.1, 0.15) is 6.61 Å². The van der Waals surface area contributed by atoms with E-state index in [1.54, 1.807) is 30.3 Å². The second-order valence-corrected chi connectivity index (χ2v) is 12.1. The van der Waals surface area contributed by atoms with E-state index < -0.39 is 34.4 Å². The Kier molecular flexibility index (Phi) is 5.59. The number of aromatic nitrogens is 2. The second-order valence-electron chi connectivity index (χ2n) is 10.1. The van der Waals surface area contributed by atoms with Gasteiger partial charge in [-0.25, -0.2) is 8.42 Å². The van der Waals surface area contributed by atoms with Crippen LogP contribution in [0.25, 0.3) is 33.5 Å². The molecule has 0 radical (unpaired) electrons. The number of halogens is 4. The SMILES string of the molecule is Cn1nc(C(F)(F)CO)c2c1-c1ccc(-c3cccc(S(C)(=O)=O)c3)cc1N1C(c3ccc4c(c3)OC(F)(F)O4)=C[N-]N21. The molecule has 4 heterocycles. The first-order valence-corrected chi connectivity index (χ1v) is 14.6. The minimum Gasteiger partial charge on any atom is -0.578 e. The standard InChI is InChI=1S/C28H20F4N5O5S/c1-35-24-19-8-6-16(15-4-3-5-18(10-15)43(2,39)40)11-20(19)36-21(17-7-9-22-23(12-17)42-28(31,32)41-22)13-33-37(36)25(24)26(34-35)27(29,30)14-38/h3-13,38H,14H2,1-2H3/q-1.